The lowest BCUT2D eigenvalue weighted by atomic mass is 10.0. The van der Waals surface area contributed by atoms with E-state index in [-0.39, 0.29) is 11.6 Å². The lowest BCUT2D eigenvalue weighted by molar-refractivity contribution is 0.521. The molecular formula is C21H20IN7O. The number of hydrogen-bond acceptors (Lipinski definition) is 6. The maximum absolute atomic E-state index is 12.9. The molecule has 1 aliphatic carbocycles. The topological polar surface area (TPSA) is 105 Å². The van der Waals surface area contributed by atoms with Crippen molar-refractivity contribution in [2.24, 2.45) is 5.92 Å². The quantitative estimate of drug-likeness (QED) is 0.411. The number of aromatic nitrogens is 6. The van der Waals surface area contributed by atoms with Gasteiger partial charge in [-0.15, -0.1) is 0 Å². The molecule has 0 aliphatic heterocycles. The van der Waals surface area contributed by atoms with Crippen molar-refractivity contribution in [1.29, 1.82) is 0 Å². The van der Waals surface area contributed by atoms with Crippen LogP contribution in [0.3, 0.4) is 0 Å². The van der Waals surface area contributed by atoms with E-state index in [2.05, 4.69) is 37.7 Å². The third-order valence-corrected chi connectivity index (χ3v) is 6.25. The molecule has 0 amide bonds. The van der Waals surface area contributed by atoms with E-state index in [0.717, 1.165) is 38.7 Å². The van der Waals surface area contributed by atoms with Crippen LogP contribution in [-0.2, 0) is 6.54 Å². The Morgan fingerprint density at radius 2 is 1.97 bits per heavy atom. The van der Waals surface area contributed by atoms with Crippen LogP contribution in [0.15, 0.2) is 47.5 Å². The van der Waals surface area contributed by atoms with Gasteiger partial charge < -0.3 is 5.73 Å². The molecule has 30 heavy (non-hydrogen) atoms. The maximum Gasteiger partial charge on any atom is 0.267 e. The molecule has 9 heteroatoms. The second-order valence-electron chi connectivity index (χ2n) is 7.65. The molecule has 0 spiro atoms. The van der Waals surface area contributed by atoms with Crippen molar-refractivity contribution < 1.29 is 0 Å². The van der Waals surface area contributed by atoms with Gasteiger partial charge in [-0.3, -0.25) is 4.79 Å². The summed E-state index contributed by atoms with van der Waals surface area (Å²) in [5.74, 6) is 0.947. The molecule has 3 heterocycles. The first-order chi connectivity index (χ1) is 14.5. The van der Waals surface area contributed by atoms with Crippen LogP contribution < -0.4 is 11.3 Å². The molecule has 8 nitrogen and oxygen atoms in total. The molecule has 4 aromatic rings. The van der Waals surface area contributed by atoms with E-state index in [1.807, 2.05) is 37.3 Å². The first-order valence-corrected chi connectivity index (χ1v) is 10.9. The Kier molecular flexibility index (Phi) is 4.76. The molecule has 0 bridgehead atoms. The van der Waals surface area contributed by atoms with E-state index in [1.165, 1.54) is 6.33 Å². The fraction of sp³-hybridized carbons (Fsp3) is 0.286. The van der Waals surface area contributed by atoms with E-state index in [9.17, 15) is 4.79 Å². The Morgan fingerprint density at radius 3 is 2.70 bits per heavy atom. The van der Waals surface area contributed by atoms with E-state index in [4.69, 9.17) is 10.8 Å². The van der Waals surface area contributed by atoms with Gasteiger partial charge in [0.05, 0.1) is 17.1 Å². The van der Waals surface area contributed by atoms with Crippen molar-refractivity contribution in [3.8, 4) is 11.3 Å². The Balaban J connectivity index is 1.69. The molecule has 152 valence electrons. The molecule has 2 N–H and O–H groups in total. The zero-order valence-corrected chi connectivity index (χ0v) is 18.5. The fourth-order valence-corrected chi connectivity index (χ4v) is 4.42. The van der Waals surface area contributed by atoms with Gasteiger partial charge >= 0.3 is 0 Å². The minimum Gasteiger partial charge on any atom is -0.383 e. The predicted octanol–water partition coefficient (Wildman–Crippen LogP) is 3.26. The van der Waals surface area contributed by atoms with Gasteiger partial charge in [-0.25, -0.2) is 19.3 Å². The van der Waals surface area contributed by atoms with Gasteiger partial charge in [-0.05, 0) is 48.3 Å². The second kappa shape index (κ2) is 7.46. The summed E-state index contributed by atoms with van der Waals surface area (Å²) < 4.78 is 4.12. The highest BCUT2D eigenvalue weighted by molar-refractivity contribution is 14.1. The van der Waals surface area contributed by atoms with Crippen molar-refractivity contribution in [2.75, 3.05) is 5.73 Å². The number of halogens is 1. The van der Waals surface area contributed by atoms with Crippen LogP contribution in [0.2, 0.25) is 0 Å². The van der Waals surface area contributed by atoms with Crippen molar-refractivity contribution in [3.05, 3.63) is 62.3 Å². The summed E-state index contributed by atoms with van der Waals surface area (Å²) in [7, 11) is 0. The number of anilines is 1. The SMILES string of the molecule is CC(c1cc(=O)n(CC2CC2)nc1-c1ccccc1)n1nc(I)c2c(N)ncnc21. The van der Waals surface area contributed by atoms with Crippen molar-refractivity contribution in [2.45, 2.75) is 32.4 Å². The van der Waals surface area contributed by atoms with Gasteiger partial charge in [0.1, 0.15) is 15.8 Å². The highest BCUT2D eigenvalue weighted by Crippen LogP contribution is 2.33. The summed E-state index contributed by atoms with van der Waals surface area (Å²) in [5.41, 5.74) is 9.14. The fourth-order valence-electron chi connectivity index (χ4n) is 3.67. The molecule has 1 saturated carbocycles. The van der Waals surface area contributed by atoms with E-state index < -0.39 is 0 Å². The lowest BCUT2D eigenvalue weighted by Gasteiger charge is -2.18. The third-order valence-electron chi connectivity index (χ3n) is 5.50. The molecule has 1 atom stereocenters. The van der Waals surface area contributed by atoms with Gasteiger partial charge in [0.25, 0.3) is 5.56 Å². The van der Waals surface area contributed by atoms with Crippen molar-refractivity contribution in [1.82, 2.24) is 29.5 Å². The molecule has 0 radical (unpaired) electrons. The number of benzene rings is 1. The second-order valence-corrected chi connectivity index (χ2v) is 8.67. The van der Waals surface area contributed by atoms with E-state index >= 15 is 0 Å². The van der Waals surface area contributed by atoms with Gasteiger partial charge in [-0.1, -0.05) is 30.3 Å². The summed E-state index contributed by atoms with van der Waals surface area (Å²) >= 11 is 2.14. The monoisotopic (exact) mass is 513 g/mol. The van der Waals surface area contributed by atoms with Gasteiger partial charge in [-0.2, -0.15) is 10.2 Å². The van der Waals surface area contributed by atoms with Crippen LogP contribution in [0.1, 0.15) is 31.4 Å². The van der Waals surface area contributed by atoms with Crippen LogP contribution in [0.25, 0.3) is 22.3 Å². The third kappa shape index (κ3) is 3.36. The number of fused-ring (bicyclic) bond motifs is 1. The summed E-state index contributed by atoms with van der Waals surface area (Å²) in [6.45, 7) is 2.66. The Bertz CT molecular complexity index is 1290. The normalized spacial score (nSPS) is 14.9. The Hall–Kier alpha value is -2.82. The molecular weight excluding hydrogens is 493 g/mol. The van der Waals surface area contributed by atoms with Gasteiger partial charge in [0.2, 0.25) is 0 Å². The smallest absolute Gasteiger partial charge is 0.267 e. The van der Waals surface area contributed by atoms with Crippen molar-refractivity contribution in [3.63, 3.8) is 0 Å². The first kappa shape index (κ1) is 19.2. The zero-order valence-electron chi connectivity index (χ0n) is 16.4. The predicted molar refractivity (Wildman–Crippen MR) is 123 cm³/mol. The minimum atomic E-state index is -0.267. The Labute approximate surface area is 186 Å². The average molecular weight is 513 g/mol. The molecule has 5 rings (SSSR count). The summed E-state index contributed by atoms with van der Waals surface area (Å²) in [6, 6.07) is 11.4. The van der Waals surface area contributed by atoms with E-state index in [1.54, 1.807) is 15.4 Å². The molecule has 1 aromatic carbocycles. The molecule has 0 saturated heterocycles. The standard InChI is InChI=1S/C21H20IN7O/c1-12(29-21-17(19(22)27-29)20(23)24-11-25-21)15-9-16(30)28(10-13-7-8-13)26-18(15)14-5-3-2-4-6-14/h2-6,9,11-13H,7-8,10H2,1H3,(H2,23,24,25). The van der Waals surface area contributed by atoms with Crippen LogP contribution >= 0.6 is 22.6 Å². The summed E-state index contributed by atoms with van der Waals surface area (Å²) in [6.07, 6.45) is 3.75. The minimum absolute atomic E-state index is 0.0938. The highest BCUT2D eigenvalue weighted by atomic mass is 127. The molecule has 3 aromatic heterocycles. The highest BCUT2D eigenvalue weighted by Gasteiger charge is 2.26. The summed E-state index contributed by atoms with van der Waals surface area (Å²) in [4.78, 5) is 21.4. The van der Waals surface area contributed by atoms with Crippen LogP contribution in [0, 0.1) is 9.62 Å². The summed E-state index contributed by atoms with van der Waals surface area (Å²) in [5, 5.41) is 10.2. The average Bonchev–Trinajstić information content (AvgIpc) is 3.50. The Morgan fingerprint density at radius 1 is 1.20 bits per heavy atom. The largest absolute Gasteiger partial charge is 0.383 e. The van der Waals surface area contributed by atoms with E-state index in [0.29, 0.717) is 23.9 Å². The number of nitrogens with two attached hydrogens (primary N) is 1. The number of nitrogen functional groups attached to an aromatic ring is 1. The number of hydrogen-bond donors (Lipinski definition) is 1. The number of rotatable bonds is 5. The molecule has 1 fully saturated rings. The zero-order chi connectivity index (χ0) is 20.8. The van der Waals surface area contributed by atoms with Crippen LogP contribution in [0.4, 0.5) is 5.82 Å². The van der Waals surface area contributed by atoms with Crippen LogP contribution in [-0.4, -0.2) is 29.5 Å². The van der Waals surface area contributed by atoms with Crippen LogP contribution in [0.5, 0.6) is 0 Å². The number of nitrogens with zero attached hydrogens (tertiary/aromatic N) is 6. The lowest BCUT2D eigenvalue weighted by Crippen LogP contribution is -2.26. The van der Waals surface area contributed by atoms with Gasteiger partial charge in [0.15, 0.2) is 5.65 Å². The molecule has 1 aliphatic rings. The maximum atomic E-state index is 12.9. The first-order valence-electron chi connectivity index (χ1n) is 9.84. The van der Waals surface area contributed by atoms with Crippen molar-refractivity contribution >= 4 is 39.4 Å². The van der Waals surface area contributed by atoms with Gasteiger partial charge in [0, 0.05) is 23.7 Å². The molecule has 1 unspecified atom stereocenters.